The number of hydrogen-bond acceptors (Lipinski definition) is 6. The lowest BCUT2D eigenvalue weighted by atomic mass is 10.1. The fourth-order valence-corrected chi connectivity index (χ4v) is 3.85. The van der Waals surface area contributed by atoms with Crippen LogP contribution in [0.1, 0.15) is 11.1 Å². The first-order valence-corrected chi connectivity index (χ1v) is 10.5. The van der Waals surface area contributed by atoms with Gasteiger partial charge in [0.1, 0.15) is 11.6 Å². The Kier molecular flexibility index (Phi) is 9.44. The molecule has 0 atom stereocenters. The van der Waals surface area contributed by atoms with Crippen molar-refractivity contribution in [2.45, 2.75) is 13.8 Å². The van der Waals surface area contributed by atoms with Crippen LogP contribution >= 0.6 is 12.4 Å². The van der Waals surface area contributed by atoms with Crippen molar-refractivity contribution in [2.75, 3.05) is 70.3 Å². The summed E-state index contributed by atoms with van der Waals surface area (Å²) in [4.78, 5) is 19.2. The molecular weight excluding hydrogens is 400 g/mol. The van der Waals surface area contributed by atoms with Crippen molar-refractivity contribution in [3.63, 3.8) is 0 Å². The van der Waals surface area contributed by atoms with Crippen molar-refractivity contribution in [3.05, 3.63) is 41.1 Å². The molecule has 0 aromatic heterocycles. The fourth-order valence-electron chi connectivity index (χ4n) is 3.85. The van der Waals surface area contributed by atoms with E-state index in [0.717, 1.165) is 58.9 Å². The standard InChI is InChI=1S/C22H32N6O.ClH/c1-18-4-3-5-21(19(18)2)28-14-12-27(13-15-28)17-20(16-23)22(29)25-8-11-26-9-6-24-7-10-26;/h3-5,17,24H,6-15H2,1-2H3,(H,25,29);1H/b20-17-;. The van der Waals surface area contributed by atoms with Crippen molar-refractivity contribution in [1.29, 1.82) is 5.26 Å². The number of nitrogens with one attached hydrogen (secondary N) is 2. The number of benzene rings is 1. The van der Waals surface area contributed by atoms with E-state index in [1.165, 1.54) is 16.8 Å². The van der Waals surface area contributed by atoms with E-state index in [2.05, 4.69) is 63.4 Å². The predicted molar refractivity (Wildman–Crippen MR) is 123 cm³/mol. The third kappa shape index (κ3) is 6.36. The molecule has 0 bridgehead atoms. The molecule has 2 aliphatic rings. The molecule has 30 heavy (non-hydrogen) atoms. The van der Waals surface area contributed by atoms with Gasteiger partial charge in [0.05, 0.1) is 0 Å². The number of aryl methyl sites for hydroxylation is 1. The van der Waals surface area contributed by atoms with Gasteiger partial charge in [-0.15, -0.1) is 12.4 Å². The van der Waals surface area contributed by atoms with Crippen LogP contribution in [0.15, 0.2) is 30.0 Å². The average molecular weight is 433 g/mol. The second-order valence-corrected chi connectivity index (χ2v) is 7.74. The Morgan fingerprint density at radius 2 is 1.87 bits per heavy atom. The molecule has 2 saturated heterocycles. The van der Waals surface area contributed by atoms with Crippen LogP contribution in [-0.4, -0.2) is 81.2 Å². The number of anilines is 1. The molecule has 2 fully saturated rings. The molecule has 2 heterocycles. The van der Waals surface area contributed by atoms with Crippen LogP contribution in [0.3, 0.4) is 0 Å². The molecule has 0 saturated carbocycles. The van der Waals surface area contributed by atoms with Crippen LogP contribution in [0.5, 0.6) is 0 Å². The Hall–Kier alpha value is -2.27. The number of nitrogens with zero attached hydrogens (tertiary/aromatic N) is 4. The molecular formula is C22H33ClN6O. The summed E-state index contributed by atoms with van der Waals surface area (Å²) in [6, 6.07) is 8.47. The highest BCUT2D eigenvalue weighted by Gasteiger charge is 2.19. The number of halogens is 1. The summed E-state index contributed by atoms with van der Waals surface area (Å²) in [5.41, 5.74) is 4.08. The van der Waals surface area contributed by atoms with E-state index in [1.54, 1.807) is 6.20 Å². The third-order valence-corrected chi connectivity index (χ3v) is 5.83. The smallest absolute Gasteiger partial charge is 0.263 e. The Bertz CT molecular complexity index is 776. The van der Waals surface area contributed by atoms with E-state index in [9.17, 15) is 10.1 Å². The molecule has 0 radical (unpaired) electrons. The zero-order valence-electron chi connectivity index (χ0n) is 18.0. The first-order chi connectivity index (χ1) is 14.1. The topological polar surface area (TPSA) is 74.6 Å². The van der Waals surface area contributed by atoms with E-state index in [-0.39, 0.29) is 23.9 Å². The maximum Gasteiger partial charge on any atom is 0.263 e. The highest BCUT2D eigenvalue weighted by atomic mass is 35.5. The molecule has 2 N–H and O–H groups in total. The lowest BCUT2D eigenvalue weighted by molar-refractivity contribution is -0.117. The number of rotatable bonds is 6. The third-order valence-electron chi connectivity index (χ3n) is 5.83. The largest absolute Gasteiger partial charge is 0.373 e. The number of carbonyl (C=O) groups excluding carboxylic acids is 1. The maximum atomic E-state index is 12.4. The minimum Gasteiger partial charge on any atom is -0.373 e. The molecule has 0 spiro atoms. The zero-order valence-corrected chi connectivity index (χ0v) is 18.8. The molecule has 164 valence electrons. The molecule has 0 unspecified atom stereocenters. The van der Waals surface area contributed by atoms with Gasteiger partial charge in [-0.05, 0) is 31.0 Å². The monoisotopic (exact) mass is 432 g/mol. The lowest BCUT2D eigenvalue weighted by Gasteiger charge is -2.36. The van der Waals surface area contributed by atoms with Crippen molar-refractivity contribution in [3.8, 4) is 6.07 Å². The van der Waals surface area contributed by atoms with Gasteiger partial charge in [-0.2, -0.15) is 5.26 Å². The van der Waals surface area contributed by atoms with E-state index in [1.807, 2.05) is 0 Å². The Balaban J connectivity index is 0.00000320. The van der Waals surface area contributed by atoms with Gasteiger partial charge in [-0.25, -0.2) is 0 Å². The normalized spacial score (nSPS) is 17.8. The minimum atomic E-state index is -0.278. The van der Waals surface area contributed by atoms with E-state index < -0.39 is 0 Å². The fraction of sp³-hybridized carbons (Fsp3) is 0.545. The van der Waals surface area contributed by atoms with Crippen molar-refractivity contribution in [2.24, 2.45) is 0 Å². The van der Waals surface area contributed by atoms with Crippen LogP contribution < -0.4 is 15.5 Å². The summed E-state index contributed by atoms with van der Waals surface area (Å²) in [6.45, 7) is 13.0. The average Bonchev–Trinajstić information content (AvgIpc) is 2.75. The van der Waals surface area contributed by atoms with Gasteiger partial charge < -0.3 is 20.4 Å². The Labute approximate surface area is 186 Å². The summed E-state index contributed by atoms with van der Waals surface area (Å²) in [7, 11) is 0. The van der Waals surface area contributed by atoms with E-state index in [0.29, 0.717) is 6.54 Å². The van der Waals surface area contributed by atoms with E-state index in [4.69, 9.17) is 0 Å². The first-order valence-electron chi connectivity index (χ1n) is 10.5. The van der Waals surface area contributed by atoms with Gasteiger partial charge in [-0.3, -0.25) is 9.69 Å². The van der Waals surface area contributed by atoms with Crippen molar-refractivity contribution in [1.82, 2.24) is 20.4 Å². The number of piperazine rings is 2. The van der Waals surface area contributed by atoms with Gasteiger partial charge in [0.25, 0.3) is 5.91 Å². The summed E-state index contributed by atoms with van der Waals surface area (Å²) in [5, 5.41) is 15.6. The number of amides is 1. The number of hydrogen-bond donors (Lipinski definition) is 2. The Morgan fingerprint density at radius 3 is 2.53 bits per heavy atom. The van der Waals surface area contributed by atoms with Gasteiger partial charge in [0.2, 0.25) is 0 Å². The number of nitriles is 1. The van der Waals surface area contributed by atoms with Crippen molar-refractivity contribution < 1.29 is 4.79 Å². The van der Waals surface area contributed by atoms with E-state index >= 15 is 0 Å². The molecule has 1 aromatic carbocycles. The first kappa shape index (κ1) is 24.0. The Morgan fingerprint density at radius 1 is 1.17 bits per heavy atom. The van der Waals surface area contributed by atoms with Crippen LogP contribution in [0, 0.1) is 25.2 Å². The molecule has 7 nitrogen and oxygen atoms in total. The summed E-state index contributed by atoms with van der Waals surface area (Å²) < 4.78 is 0. The molecule has 8 heteroatoms. The second-order valence-electron chi connectivity index (χ2n) is 7.74. The zero-order chi connectivity index (χ0) is 20.6. The SMILES string of the molecule is Cc1cccc(N2CCN(/C=C(/C#N)C(=O)NCCN3CCNCC3)CC2)c1C.Cl. The quantitative estimate of drug-likeness (QED) is 0.521. The van der Waals surface area contributed by atoms with Gasteiger partial charge in [0.15, 0.2) is 0 Å². The van der Waals surface area contributed by atoms with Crippen LogP contribution in [-0.2, 0) is 4.79 Å². The summed E-state index contributed by atoms with van der Waals surface area (Å²) in [5.74, 6) is -0.278. The predicted octanol–water partition coefficient (Wildman–Crippen LogP) is 1.28. The van der Waals surface area contributed by atoms with Crippen LogP contribution in [0.25, 0.3) is 0 Å². The maximum absolute atomic E-state index is 12.4. The van der Waals surface area contributed by atoms with Gasteiger partial charge >= 0.3 is 0 Å². The molecule has 3 rings (SSSR count). The second kappa shape index (κ2) is 11.8. The van der Waals surface area contributed by atoms with Crippen LogP contribution in [0.4, 0.5) is 5.69 Å². The molecule has 2 aliphatic heterocycles. The van der Waals surface area contributed by atoms with Crippen molar-refractivity contribution >= 4 is 24.0 Å². The minimum absolute atomic E-state index is 0. The summed E-state index contributed by atoms with van der Waals surface area (Å²) >= 11 is 0. The van der Waals surface area contributed by atoms with Gasteiger partial charge in [-0.1, -0.05) is 12.1 Å². The molecule has 1 aromatic rings. The summed E-state index contributed by atoms with van der Waals surface area (Å²) in [6.07, 6.45) is 1.72. The van der Waals surface area contributed by atoms with Gasteiger partial charge in [0, 0.05) is 77.3 Å². The molecule has 1 amide bonds. The number of carbonyl (C=O) groups is 1. The highest BCUT2D eigenvalue weighted by Crippen LogP contribution is 2.24. The van der Waals surface area contributed by atoms with Crippen LogP contribution in [0.2, 0.25) is 0 Å². The molecule has 0 aliphatic carbocycles. The lowest BCUT2D eigenvalue weighted by Crippen LogP contribution is -2.46. The highest BCUT2D eigenvalue weighted by molar-refractivity contribution is 5.97.